The van der Waals surface area contributed by atoms with Gasteiger partial charge in [-0.1, -0.05) is 199 Å². The Labute approximate surface area is 537 Å². The lowest BCUT2D eigenvalue weighted by atomic mass is 10.1. The van der Waals surface area contributed by atoms with Crippen molar-refractivity contribution in [1.82, 2.24) is 5.32 Å². The summed E-state index contributed by atoms with van der Waals surface area (Å²) in [6.45, 7) is 23.2. The topological polar surface area (TPSA) is 570 Å². The molecule has 0 aliphatic carbocycles. The second-order valence-corrected chi connectivity index (χ2v) is 35.7. The van der Waals surface area contributed by atoms with Crippen molar-refractivity contribution >= 4 is 150 Å². The van der Waals surface area contributed by atoms with Crippen molar-refractivity contribution in [3.63, 3.8) is 0 Å². The van der Waals surface area contributed by atoms with Crippen molar-refractivity contribution < 1.29 is 74.4 Å². The van der Waals surface area contributed by atoms with Gasteiger partial charge in [0.25, 0.3) is 0 Å². The SMILES string of the molecule is CC(C)(C)SSC(CN=[N+]=[N-])C[C@H](N)C(=O)O.CC(C)(C)SSCC(O)C(=O)O.CC(C)(C)SSC[C@H](N)C(=O)NCCCC[C@H](N)C(=O)O.CC(C)SSC(CN=[N+]=[N-])C[C@H](N)C(=O)O.CSSC(CN=[N+]=[N-])C[C@H](N)C(=O)O.O=C(O)CO. The van der Waals surface area contributed by atoms with Crippen molar-refractivity contribution in [1.29, 1.82) is 0 Å². The number of carboxylic acids is 6. The number of hydrogen-bond acceptors (Lipinski definition) is 27. The van der Waals surface area contributed by atoms with E-state index in [-0.39, 0.29) is 61.3 Å². The average molecular weight is 1400 g/mol. The highest BCUT2D eigenvalue weighted by Gasteiger charge is 2.24. The van der Waals surface area contributed by atoms with Gasteiger partial charge in [-0.05, 0) is 61.4 Å². The van der Waals surface area contributed by atoms with Gasteiger partial charge in [-0.3, -0.25) is 24.0 Å². The highest BCUT2D eigenvalue weighted by molar-refractivity contribution is 8.78. The van der Waals surface area contributed by atoms with Gasteiger partial charge >= 0.3 is 35.8 Å². The summed E-state index contributed by atoms with van der Waals surface area (Å²) >= 11 is 0. The normalized spacial score (nSPS) is 14.0. The third-order valence-corrected chi connectivity index (χ3v) is 24.1. The third-order valence-electron chi connectivity index (χ3n) is 8.01. The first kappa shape index (κ1) is 93.6. The van der Waals surface area contributed by atoms with E-state index in [4.69, 9.17) is 90.9 Å². The standard InChI is InChI=1S/C13H27N3O3S2.C9H18N4O2S2.C8H16N4O2S2.C7H14O3S2.C6H12N4O2S2.C2H4O3/c1-13(2,3)21-20-8-10(15)11(17)16-7-5-4-6-9(14)12(18)19;1-9(2,3)17-16-6(5-12-13-11)4-7(10)8(14)15;1-5(2)15-16-6(4-11-12-10)3-7(9)8(13)14;1-7(2,3)12-11-4-5(8)6(9)10;1-13-14-4(3-9-10-8)2-5(7)6(11)12;3-1-2(4)5/h9-10H,4-8,14-15H2,1-3H3,(H,16,17)(H,18,19);6-7H,4-5,10H2,1-3H3,(H,14,15);5-7H,3-4,9H2,1-2H3,(H,13,14);5,8H,4H2,1-3H3,(H,9,10);4-5H,2-3,7H2,1H3,(H,11,12);3H,1H2,(H,4,5)/t9-,10-;2*6?,7-;;4?,5-;/m000.0./s1. The van der Waals surface area contributed by atoms with Crippen LogP contribution in [-0.2, 0) is 33.6 Å². The lowest BCUT2D eigenvalue weighted by Crippen LogP contribution is -2.42. The monoisotopic (exact) mass is 1400 g/mol. The van der Waals surface area contributed by atoms with Crippen LogP contribution in [0.15, 0.2) is 15.3 Å². The molecule has 496 valence electrons. The van der Waals surface area contributed by atoms with Crippen LogP contribution >= 0.6 is 108 Å². The Balaban J connectivity index is -0.000000227. The van der Waals surface area contributed by atoms with Crippen molar-refractivity contribution in [2.75, 3.05) is 50.5 Å². The number of unbranched alkanes of at least 4 members (excludes halogenated alkanes) is 1. The summed E-state index contributed by atoms with van der Waals surface area (Å²) < 4.78 is 0.305. The predicted molar refractivity (Wildman–Crippen MR) is 359 cm³/mol. The van der Waals surface area contributed by atoms with Crippen molar-refractivity contribution in [3.05, 3.63) is 31.3 Å². The largest absolute Gasteiger partial charge is 0.480 e. The Morgan fingerprint density at radius 2 is 0.871 bits per heavy atom. The third kappa shape index (κ3) is 73.8. The van der Waals surface area contributed by atoms with Crippen LogP contribution < -0.4 is 34.0 Å². The maximum atomic E-state index is 11.7. The Kier molecular flexibility index (Phi) is 62.4. The zero-order valence-electron chi connectivity index (χ0n) is 49.9. The van der Waals surface area contributed by atoms with Crippen molar-refractivity contribution in [2.24, 2.45) is 44.0 Å². The molecule has 40 heteroatoms. The molecule has 0 aromatic rings. The Hall–Kier alpha value is -2.56. The van der Waals surface area contributed by atoms with Crippen LogP contribution in [0.3, 0.4) is 0 Å². The number of carbonyl (C=O) groups is 7. The number of rotatable bonds is 37. The van der Waals surface area contributed by atoms with E-state index in [0.717, 1.165) is 0 Å². The summed E-state index contributed by atoms with van der Waals surface area (Å²) in [4.78, 5) is 81.3. The molecule has 1 amide bonds. The van der Waals surface area contributed by atoms with Crippen LogP contribution in [0.4, 0.5) is 0 Å². The van der Waals surface area contributed by atoms with E-state index in [9.17, 15) is 28.8 Å². The number of nitrogens with zero attached hydrogens (tertiary/aromatic N) is 9. The van der Waals surface area contributed by atoms with Gasteiger partial charge in [0.2, 0.25) is 5.91 Å². The summed E-state index contributed by atoms with van der Waals surface area (Å²) in [5.74, 6) is -5.79. The number of hydrogen-bond donors (Lipinski definition) is 14. The number of aliphatic hydroxyl groups excluding tert-OH is 2. The number of carboxylic acid groups (broad SMARTS) is 6. The fourth-order valence-corrected chi connectivity index (χ4v) is 15.7. The number of amides is 1. The summed E-state index contributed by atoms with van der Waals surface area (Å²) in [7, 11) is 15.5. The lowest BCUT2D eigenvalue weighted by molar-refractivity contribution is -0.145. The summed E-state index contributed by atoms with van der Waals surface area (Å²) in [5, 5.41) is 80.2. The first-order valence-electron chi connectivity index (χ1n) is 25.3. The molecule has 0 radical (unpaired) electrons. The van der Waals surface area contributed by atoms with Crippen LogP contribution in [0.2, 0.25) is 0 Å². The molecule has 0 saturated carbocycles. The molecule has 0 aromatic heterocycles. The zero-order chi connectivity index (χ0) is 67.5. The van der Waals surface area contributed by atoms with E-state index in [1.165, 1.54) is 54.0 Å². The maximum Gasteiger partial charge on any atom is 0.333 e. The number of aliphatic hydroxyl groups is 2. The van der Waals surface area contributed by atoms with Crippen LogP contribution in [0, 0.1) is 0 Å². The van der Waals surface area contributed by atoms with Crippen LogP contribution in [0.25, 0.3) is 31.3 Å². The van der Waals surface area contributed by atoms with Crippen molar-refractivity contribution in [3.8, 4) is 0 Å². The summed E-state index contributed by atoms with van der Waals surface area (Å²) in [6.07, 6.45) is 3.31. The molecule has 0 spiro atoms. The molecule has 0 heterocycles. The number of carbonyl (C=O) groups excluding carboxylic acids is 1. The molecule has 0 rings (SSSR count). The van der Waals surface area contributed by atoms with Gasteiger partial charge in [0.1, 0.15) is 30.8 Å². The second kappa shape index (κ2) is 56.7. The molecule has 0 aliphatic heterocycles. The van der Waals surface area contributed by atoms with Gasteiger partial charge in [0, 0.05) is 87.7 Å². The Morgan fingerprint density at radius 3 is 1.18 bits per heavy atom. The van der Waals surface area contributed by atoms with E-state index >= 15 is 0 Å². The highest BCUT2D eigenvalue weighted by atomic mass is 33.1. The average Bonchev–Trinajstić information content (AvgIpc) is 3.42. The minimum Gasteiger partial charge on any atom is -0.480 e. The van der Waals surface area contributed by atoms with E-state index in [2.05, 4.69) is 76.9 Å². The molecule has 30 nitrogen and oxygen atoms in total. The van der Waals surface area contributed by atoms with Crippen molar-refractivity contribution in [2.45, 2.75) is 186 Å². The number of nitrogens with one attached hydrogen (secondary N) is 1. The van der Waals surface area contributed by atoms with E-state index < -0.39 is 78.7 Å². The molecular weight excluding hydrogens is 1310 g/mol. The lowest BCUT2D eigenvalue weighted by Gasteiger charge is -2.22. The molecule has 0 fully saturated rings. The fraction of sp³-hybridized carbons (Fsp3) is 0.844. The quantitative estimate of drug-likeness (QED) is 0.00914. The van der Waals surface area contributed by atoms with E-state index in [1.807, 2.05) is 40.9 Å². The van der Waals surface area contributed by atoms with Gasteiger partial charge in [-0.15, -0.1) is 0 Å². The van der Waals surface area contributed by atoms with Gasteiger partial charge < -0.3 is 74.8 Å². The first-order valence-corrected chi connectivity index (χ1v) is 37.0. The summed E-state index contributed by atoms with van der Waals surface area (Å²) in [5.41, 5.74) is 52.1. The molecule has 19 N–H and O–H groups in total. The second-order valence-electron chi connectivity index (χ2n) is 20.1. The minimum absolute atomic E-state index is 0.0491. The smallest absolute Gasteiger partial charge is 0.333 e. The molecule has 9 atom stereocenters. The van der Waals surface area contributed by atoms with E-state index in [1.54, 1.807) is 54.0 Å². The van der Waals surface area contributed by atoms with Gasteiger partial charge in [0.15, 0.2) is 6.10 Å². The predicted octanol–water partition coefficient (Wildman–Crippen LogP) is 8.25. The number of nitrogens with two attached hydrogens (primary N) is 5. The van der Waals surface area contributed by atoms with E-state index in [0.29, 0.717) is 56.1 Å². The molecule has 85 heavy (non-hydrogen) atoms. The Bertz CT molecular complexity index is 2020. The number of azide groups is 3. The number of aliphatic carboxylic acids is 6. The molecule has 4 unspecified atom stereocenters. The van der Waals surface area contributed by atoms with Gasteiger partial charge in [0.05, 0.1) is 6.04 Å². The zero-order valence-corrected chi connectivity index (χ0v) is 58.1. The molecular formula is C45H91N15O15S10. The molecule has 0 aromatic carbocycles. The highest BCUT2D eigenvalue weighted by Crippen LogP contribution is 2.40. The van der Waals surface area contributed by atoms with Crippen LogP contribution in [0.1, 0.15) is 115 Å². The van der Waals surface area contributed by atoms with Gasteiger partial charge in [-0.2, -0.15) is 0 Å². The van der Waals surface area contributed by atoms with Crippen LogP contribution in [0.5, 0.6) is 0 Å². The molecule has 0 bridgehead atoms. The van der Waals surface area contributed by atoms with Gasteiger partial charge in [-0.25, -0.2) is 9.59 Å². The summed E-state index contributed by atoms with van der Waals surface area (Å²) in [6, 6.07) is -4.06. The molecule has 0 saturated heterocycles. The Morgan fingerprint density at radius 1 is 0.518 bits per heavy atom. The minimum atomic E-state index is -1.25. The molecule has 0 aliphatic rings. The first-order chi connectivity index (χ1) is 39.1. The fourth-order valence-electron chi connectivity index (χ4n) is 4.17. The van der Waals surface area contributed by atoms with Crippen LogP contribution in [-0.4, -0.2) is 205 Å². The maximum absolute atomic E-state index is 11.7.